The molecule has 0 bridgehead atoms. The maximum Gasteiger partial charge on any atom is 0.422 e. The van der Waals surface area contributed by atoms with Crippen LogP contribution in [0.4, 0.5) is 13.2 Å². The van der Waals surface area contributed by atoms with E-state index in [0.717, 1.165) is 50.6 Å². The summed E-state index contributed by atoms with van der Waals surface area (Å²) in [7, 11) is 0. The molecule has 0 saturated carbocycles. The Hall–Kier alpha value is -2.03. The van der Waals surface area contributed by atoms with Gasteiger partial charge in [0.15, 0.2) is 12.6 Å². The van der Waals surface area contributed by atoms with Crippen molar-refractivity contribution in [2.45, 2.75) is 45.5 Å². The molecule has 0 spiro atoms. The van der Waals surface area contributed by atoms with Crippen molar-refractivity contribution in [2.75, 3.05) is 32.8 Å². The molecule has 1 N–H and O–H groups in total. The molecule has 1 fully saturated rings. The largest absolute Gasteiger partial charge is 0.468 e. The van der Waals surface area contributed by atoms with Crippen molar-refractivity contribution in [1.82, 2.24) is 15.2 Å². The van der Waals surface area contributed by atoms with E-state index in [4.69, 9.17) is 4.74 Å². The molecular weight excluding hydrogens is 361 g/mol. The Bertz CT molecular complexity index is 585. The molecular formula is C18H27F3N4O2. The zero-order chi connectivity index (χ0) is 19.7. The van der Waals surface area contributed by atoms with Gasteiger partial charge in [-0.1, -0.05) is 6.07 Å². The molecule has 0 atom stereocenters. The highest BCUT2D eigenvalue weighted by Gasteiger charge is 2.28. The number of hydrogen-bond acceptors (Lipinski definition) is 4. The molecule has 0 aliphatic carbocycles. The molecule has 0 amide bonds. The van der Waals surface area contributed by atoms with Crippen LogP contribution in [0.5, 0.6) is 5.88 Å². The second-order valence-electron chi connectivity index (χ2n) is 6.22. The van der Waals surface area contributed by atoms with Crippen LogP contribution >= 0.6 is 0 Å². The molecule has 1 aliphatic heterocycles. The van der Waals surface area contributed by atoms with E-state index in [1.807, 2.05) is 13.8 Å². The van der Waals surface area contributed by atoms with Crippen molar-refractivity contribution in [1.29, 1.82) is 0 Å². The lowest BCUT2D eigenvalue weighted by molar-refractivity contribution is -0.154. The number of halogens is 3. The SMILES string of the molecule is CCNC(=NCc1ccc(OCC(F)(F)F)nc1)N1CCC(OCC)CC1. The van der Waals surface area contributed by atoms with Crippen LogP contribution in [0.3, 0.4) is 0 Å². The van der Waals surface area contributed by atoms with Crippen molar-refractivity contribution in [3.8, 4) is 5.88 Å². The summed E-state index contributed by atoms with van der Waals surface area (Å²) >= 11 is 0. The first-order valence-electron chi connectivity index (χ1n) is 9.20. The third kappa shape index (κ3) is 7.62. The molecule has 0 radical (unpaired) electrons. The standard InChI is InChI=1S/C18H27F3N4O2/c1-3-22-17(25-9-7-15(8-10-25)26-4-2)24-12-14-5-6-16(23-11-14)27-13-18(19,20)21/h5-6,11,15H,3-4,7-10,12-13H2,1-2H3,(H,22,24). The molecule has 1 aromatic heterocycles. The summed E-state index contributed by atoms with van der Waals surface area (Å²) in [6.07, 6.45) is -0.653. The van der Waals surface area contributed by atoms with Gasteiger partial charge in [0, 0.05) is 38.5 Å². The minimum absolute atomic E-state index is 0.0510. The number of piperidine rings is 1. The smallest absolute Gasteiger partial charge is 0.422 e. The van der Waals surface area contributed by atoms with Gasteiger partial charge in [0.1, 0.15) is 0 Å². The second-order valence-corrected chi connectivity index (χ2v) is 6.22. The molecule has 1 aromatic rings. The molecule has 9 heteroatoms. The molecule has 0 unspecified atom stereocenters. The minimum Gasteiger partial charge on any atom is -0.468 e. The third-order valence-corrected chi connectivity index (χ3v) is 4.07. The Kier molecular flexibility index (Phi) is 8.15. The van der Waals surface area contributed by atoms with Crippen molar-refractivity contribution in [3.05, 3.63) is 23.9 Å². The average molecular weight is 388 g/mol. The number of aliphatic imine (C=N–C) groups is 1. The number of aromatic nitrogens is 1. The monoisotopic (exact) mass is 388 g/mol. The number of pyridine rings is 1. The Balaban J connectivity index is 1.90. The van der Waals surface area contributed by atoms with Crippen LogP contribution in [0.2, 0.25) is 0 Å². The third-order valence-electron chi connectivity index (χ3n) is 4.07. The molecule has 2 rings (SSSR count). The van der Waals surface area contributed by atoms with Gasteiger partial charge >= 0.3 is 6.18 Å². The van der Waals surface area contributed by atoms with E-state index in [1.165, 1.54) is 12.3 Å². The summed E-state index contributed by atoms with van der Waals surface area (Å²) in [5.41, 5.74) is 0.800. The minimum atomic E-state index is -4.37. The average Bonchev–Trinajstić information content (AvgIpc) is 2.65. The van der Waals surface area contributed by atoms with Crippen molar-refractivity contribution in [3.63, 3.8) is 0 Å². The predicted molar refractivity (Wildman–Crippen MR) is 96.8 cm³/mol. The van der Waals surface area contributed by atoms with E-state index < -0.39 is 12.8 Å². The van der Waals surface area contributed by atoms with Crippen molar-refractivity contribution < 1.29 is 22.6 Å². The van der Waals surface area contributed by atoms with Gasteiger partial charge in [-0.15, -0.1) is 0 Å². The van der Waals surface area contributed by atoms with Gasteiger partial charge in [0.2, 0.25) is 5.88 Å². The summed E-state index contributed by atoms with van der Waals surface area (Å²) in [6, 6.07) is 3.10. The number of nitrogens with one attached hydrogen (secondary N) is 1. The van der Waals surface area contributed by atoms with Gasteiger partial charge in [0.05, 0.1) is 12.6 Å². The summed E-state index contributed by atoms with van der Waals surface area (Å²) in [6.45, 7) is 6.29. The van der Waals surface area contributed by atoms with Crippen LogP contribution in [0.15, 0.2) is 23.3 Å². The van der Waals surface area contributed by atoms with Crippen LogP contribution in [0.1, 0.15) is 32.3 Å². The van der Waals surface area contributed by atoms with Crippen molar-refractivity contribution >= 4 is 5.96 Å². The van der Waals surface area contributed by atoms with E-state index in [-0.39, 0.29) is 5.88 Å². The maximum atomic E-state index is 12.2. The first kappa shape index (κ1) is 21.3. The van der Waals surface area contributed by atoms with E-state index in [9.17, 15) is 13.2 Å². The first-order chi connectivity index (χ1) is 12.9. The van der Waals surface area contributed by atoms with E-state index in [2.05, 4.69) is 24.9 Å². The maximum absolute atomic E-state index is 12.2. The van der Waals surface area contributed by atoms with Crippen LogP contribution in [-0.2, 0) is 11.3 Å². The van der Waals surface area contributed by atoms with E-state index in [0.29, 0.717) is 12.6 Å². The fourth-order valence-corrected chi connectivity index (χ4v) is 2.81. The summed E-state index contributed by atoms with van der Waals surface area (Å²) in [5, 5.41) is 3.28. The number of guanidine groups is 1. The number of ether oxygens (including phenoxy) is 2. The zero-order valence-corrected chi connectivity index (χ0v) is 15.8. The van der Waals surface area contributed by atoms with Gasteiger partial charge in [0.25, 0.3) is 0 Å². The summed E-state index contributed by atoms with van der Waals surface area (Å²) in [4.78, 5) is 10.7. The van der Waals surface area contributed by atoms with Crippen LogP contribution in [-0.4, -0.2) is 61.0 Å². The summed E-state index contributed by atoms with van der Waals surface area (Å²) < 4.78 is 46.8. The fraction of sp³-hybridized carbons (Fsp3) is 0.667. The Morgan fingerprint density at radius 3 is 2.59 bits per heavy atom. The molecule has 1 aliphatic rings. The lowest BCUT2D eigenvalue weighted by Crippen LogP contribution is -2.47. The number of rotatable bonds is 7. The van der Waals surface area contributed by atoms with Gasteiger partial charge in [-0.3, -0.25) is 0 Å². The zero-order valence-electron chi connectivity index (χ0n) is 15.8. The number of alkyl halides is 3. The summed E-state index contributed by atoms with van der Waals surface area (Å²) in [5.74, 6) is 0.773. The first-order valence-corrected chi connectivity index (χ1v) is 9.20. The molecule has 0 aromatic carbocycles. The Morgan fingerprint density at radius 2 is 2.04 bits per heavy atom. The van der Waals surface area contributed by atoms with E-state index in [1.54, 1.807) is 6.07 Å². The molecule has 1 saturated heterocycles. The van der Waals surface area contributed by atoms with Gasteiger partial charge < -0.3 is 19.7 Å². The number of nitrogens with zero attached hydrogens (tertiary/aromatic N) is 3. The Labute approximate surface area is 157 Å². The quantitative estimate of drug-likeness (QED) is 0.575. The normalized spacial score (nSPS) is 16.5. The predicted octanol–water partition coefficient (Wildman–Crippen LogP) is 2.99. The van der Waals surface area contributed by atoms with Gasteiger partial charge in [-0.25, -0.2) is 9.98 Å². The van der Waals surface area contributed by atoms with Crippen LogP contribution < -0.4 is 10.1 Å². The number of likely N-dealkylation sites (tertiary alicyclic amines) is 1. The van der Waals surface area contributed by atoms with E-state index >= 15 is 0 Å². The highest BCUT2D eigenvalue weighted by Crippen LogP contribution is 2.17. The van der Waals surface area contributed by atoms with Crippen LogP contribution in [0.25, 0.3) is 0 Å². The van der Waals surface area contributed by atoms with Gasteiger partial charge in [-0.2, -0.15) is 13.2 Å². The second kappa shape index (κ2) is 10.3. The fourth-order valence-electron chi connectivity index (χ4n) is 2.81. The number of hydrogen-bond donors (Lipinski definition) is 1. The van der Waals surface area contributed by atoms with Gasteiger partial charge in [-0.05, 0) is 32.3 Å². The molecule has 152 valence electrons. The highest BCUT2D eigenvalue weighted by molar-refractivity contribution is 5.80. The van der Waals surface area contributed by atoms with Crippen LogP contribution in [0, 0.1) is 0 Å². The molecule has 2 heterocycles. The lowest BCUT2D eigenvalue weighted by atomic mass is 10.1. The Morgan fingerprint density at radius 1 is 1.30 bits per heavy atom. The highest BCUT2D eigenvalue weighted by atomic mass is 19.4. The lowest BCUT2D eigenvalue weighted by Gasteiger charge is -2.34. The molecule has 27 heavy (non-hydrogen) atoms. The molecule has 6 nitrogen and oxygen atoms in total. The topological polar surface area (TPSA) is 59.0 Å². The van der Waals surface area contributed by atoms with Crippen molar-refractivity contribution in [2.24, 2.45) is 4.99 Å².